The second-order valence-electron chi connectivity index (χ2n) is 3.50. The van der Waals surface area contributed by atoms with Crippen molar-refractivity contribution in [3.63, 3.8) is 0 Å². The monoisotopic (exact) mass is 244 g/mol. The molecule has 0 saturated carbocycles. The largest absolute Gasteiger partial charge is 0.299 e. The Hall–Kier alpha value is -1.23. The molecule has 88 valence electrons. The van der Waals surface area contributed by atoms with Crippen molar-refractivity contribution in [2.45, 2.75) is 24.7 Å². The van der Waals surface area contributed by atoms with E-state index in [1.165, 1.54) is 12.1 Å². The third-order valence-corrected chi connectivity index (χ3v) is 3.75. The molecule has 0 aliphatic carbocycles. The highest BCUT2D eigenvalue weighted by molar-refractivity contribution is 7.92. The van der Waals surface area contributed by atoms with Crippen molar-refractivity contribution in [1.29, 1.82) is 0 Å². The van der Waals surface area contributed by atoms with Gasteiger partial charge in [0, 0.05) is 6.42 Å². The Kier molecular flexibility index (Phi) is 4.18. The average molecular weight is 244 g/mol. The predicted octanol–water partition coefficient (Wildman–Crippen LogP) is 1.97. The molecule has 5 heteroatoms. The van der Waals surface area contributed by atoms with Crippen molar-refractivity contribution < 1.29 is 17.6 Å². The molecule has 16 heavy (non-hydrogen) atoms. The number of hydrogen-bond donors (Lipinski definition) is 0. The molecular weight excluding hydrogens is 231 g/mol. The highest BCUT2D eigenvalue weighted by atomic mass is 32.2. The molecule has 0 fully saturated rings. The van der Waals surface area contributed by atoms with E-state index >= 15 is 0 Å². The van der Waals surface area contributed by atoms with E-state index in [9.17, 15) is 17.6 Å². The summed E-state index contributed by atoms with van der Waals surface area (Å²) < 4.78 is 36.0. The first-order valence-electron chi connectivity index (χ1n) is 4.95. The summed E-state index contributed by atoms with van der Waals surface area (Å²) >= 11 is 0. The zero-order valence-electron chi connectivity index (χ0n) is 8.94. The molecule has 0 unspecified atom stereocenters. The number of benzene rings is 1. The van der Waals surface area contributed by atoms with Gasteiger partial charge >= 0.3 is 0 Å². The van der Waals surface area contributed by atoms with E-state index < -0.39 is 21.4 Å². The SMILES string of the molecule is CCCC(=O)CS(=O)(=O)c1ccc(F)cc1. The van der Waals surface area contributed by atoms with Crippen LogP contribution >= 0.6 is 0 Å². The Morgan fingerprint density at radius 1 is 1.25 bits per heavy atom. The zero-order chi connectivity index (χ0) is 12.2. The van der Waals surface area contributed by atoms with Crippen LogP contribution in [0.4, 0.5) is 4.39 Å². The van der Waals surface area contributed by atoms with Crippen LogP contribution in [0.15, 0.2) is 29.2 Å². The molecule has 0 heterocycles. The fraction of sp³-hybridized carbons (Fsp3) is 0.364. The Balaban J connectivity index is 2.86. The molecule has 0 N–H and O–H groups in total. The molecule has 0 aromatic heterocycles. The number of rotatable bonds is 5. The molecule has 0 bridgehead atoms. The number of carbonyl (C=O) groups is 1. The highest BCUT2D eigenvalue weighted by Crippen LogP contribution is 2.12. The minimum absolute atomic E-state index is 0.0154. The lowest BCUT2D eigenvalue weighted by Crippen LogP contribution is -2.15. The maximum absolute atomic E-state index is 12.6. The fourth-order valence-electron chi connectivity index (χ4n) is 1.29. The zero-order valence-corrected chi connectivity index (χ0v) is 9.76. The van der Waals surface area contributed by atoms with Gasteiger partial charge in [0.1, 0.15) is 17.4 Å². The fourth-order valence-corrected chi connectivity index (χ4v) is 2.57. The van der Waals surface area contributed by atoms with Gasteiger partial charge in [0.15, 0.2) is 9.84 Å². The van der Waals surface area contributed by atoms with E-state index in [0.717, 1.165) is 12.1 Å². The number of carbonyl (C=O) groups excluding carboxylic acids is 1. The van der Waals surface area contributed by atoms with Gasteiger partial charge in [-0.1, -0.05) is 6.92 Å². The van der Waals surface area contributed by atoms with Gasteiger partial charge in [-0.15, -0.1) is 0 Å². The Labute approximate surface area is 94.2 Å². The molecule has 0 amide bonds. The van der Waals surface area contributed by atoms with Crippen LogP contribution < -0.4 is 0 Å². The van der Waals surface area contributed by atoms with Gasteiger partial charge in [-0.3, -0.25) is 4.79 Å². The molecule has 0 radical (unpaired) electrons. The van der Waals surface area contributed by atoms with E-state index in [1.54, 1.807) is 0 Å². The standard InChI is InChI=1S/C11H13FO3S/c1-2-3-10(13)8-16(14,15)11-6-4-9(12)5-7-11/h4-7H,2-3,8H2,1H3. The summed E-state index contributed by atoms with van der Waals surface area (Å²) in [5, 5.41) is 0. The Bertz CT molecular complexity index is 463. The first-order valence-corrected chi connectivity index (χ1v) is 6.61. The van der Waals surface area contributed by atoms with Crippen LogP contribution in [0, 0.1) is 5.82 Å². The summed E-state index contributed by atoms with van der Waals surface area (Å²) in [7, 11) is -3.61. The van der Waals surface area contributed by atoms with Gasteiger partial charge in [-0.25, -0.2) is 12.8 Å². The first-order chi connectivity index (χ1) is 7.45. The van der Waals surface area contributed by atoms with Gasteiger partial charge < -0.3 is 0 Å². The number of Topliss-reactive ketones (excluding diaryl/α,β-unsaturated/α-hetero) is 1. The summed E-state index contributed by atoms with van der Waals surface area (Å²) in [6, 6.07) is 4.47. The van der Waals surface area contributed by atoms with Crippen molar-refractivity contribution in [1.82, 2.24) is 0 Å². The summed E-state index contributed by atoms with van der Waals surface area (Å²) in [5.74, 6) is -1.32. The topological polar surface area (TPSA) is 51.2 Å². The second-order valence-corrected chi connectivity index (χ2v) is 5.49. The van der Waals surface area contributed by atoms with Crippen LogP contribution in [0.1, 0.15) is 19.8 Å². The minimum atomic E-state index is -3.61. The first kappa shape index (κ1) is 12.8. The molecule has 0 saturated heterocycles. The van der Waals surface area contributed by atoms with Crippen LogP contribution in [-0.2, 0) is 14.6 Å². The van der Waals surface area contributed by atoms with E-state index in [0.29, 0.717) is 6.42 Å². The van der Waals surface area contributed by atoms with Crippen LogP contribution in [0.25, 0.3) is 0 Å². The highest BCUT2D eigenvalue weighted by Gasteiger charge is 2.18. The summed E-state index contributed by atoms with van der Waals surface area (Å²) in [4.78, 5) is 11.2. The summed E-state index contributed by atoms with van der Waals surface area (Å²) in [6.45, 7) is 1.81. The van der Waals surface area contributed by atoms with Crippen molar-refractivity contribution in [2.24, 2.45) is 0 Å². The number of sulfone groups is 1. The third kappa shape index (κ3) is 3.41. The predicted molar refractivity (Wildman–Crippen MR) is 58.4 cm³/mol. The lowest BCUT2D eigenvalue weighted by atomic mass is 10.3. The average Bonchev–Trinajstić information content (AvgIpc) is 2.17. The maximum Gasteiger partial charge on any atom is 0.185 e. The molecule has 0 aliphatic rings. The van der Waals surface area contributed by atoms with Crippen LogP contribution in [0.3, 0.4) is 0 Å². The van der Waals surface area contributed by atoms with Crippen LogP contribution in [0.5, 0.6) is 0 Å². The summed E-state index contributed by atoms with van der Waals surface area (Å²) in [6.07, 6.45) is 0.873. The van der Waals surface area contributed by atoms with E-state index in [-0.39, 0.29) is 17.1 Å². The molecule has 1 aromatic carbocycles. The Morgan fingerprint density at radius 3 is 2.31 bits per heavy atom. The molecule has 0 spiro atoms. The molecular formula is C11H13FO3S. The number of halogens is 1. The third-order valence-electron chi connectivity index (χ3n) is 2.05. The van der Waals surface area contributed by atoms with Gasteiger partial charge in [-0.05, 0) is 30.7 Å². The normalized spacial score (nSPS) is 11.4. The van der Waals surface area contributed by atoms with Crippen LogP contribution in [0.2, 0.25) is 0 Å². The van der Waals surface area contributed by atoms with Gasteiger partial charge in [-0.2, -0.15) is 0 Å². The van der Waals surface area contributed by atoms with Gasteiger partial charge in [0.2, 0.25) is 0 Å². The van der Waals surface area contributed by atoms with Gasteiger partial charge in [0.05, 0.1) is 4.90 Å². The lowest BCUT2D eigenvalue weighted by molar-refractivity contribution is -0.116. The van der Waals surface area contributed by atoms with Crippen molar-refractivity contribution in [2.75, 3.05) is 5.75 Å². The number of hydrogen-bond acceptors (Lipinski definition) is 3. The van der Waals surface area contributed by atoms with E-state index in [4.69, 9.17) is 0 Å². The van der Waals surface area contributed by atoms with Gasteiger partial charge in [0.25, 0.3) is 0 Å². The maximum atomic E-state index is 12.6. The minimum Gasteiger partial charge on any atom is -0.299 e. The molecule has 3 nitrogen and oxygen atoms in total. The Morgan fingerprint density at radius 2 is 1.81 bits per heavy atom. The molecule has 1 rings (SSSR count). The van der Waals surface area contributed by atoms with Crippen LogP contribution in [-0.4, -0.2) is 20.0 Å². The lowest BCUT2D eigenvalue weighted by Gasteiger charge is -2.03. The van der Waals surface area contributed by atoms with E-state index in [1.807, 2.05) is 6.92 Å². The van der Waals surface area contributed by atoms with Crippen molar-refractivity contribution in [3.05, 3.63) is 30.1 Å². The smallest absolute Gasteiger partial charge is 0.185 e. The summed E-state index contributed by atoms with van der Waals surface area (Å²) in [5.41, 5.74) is 0. The second kappa shape index (κ2) is 5.21. The number of ketones is 1. The quantitative estimate of drug-likeness (QED) is 0.744. The van der Waals surface area contributed by atoms with Crippen molar-refractivity contribution in [3.8, 4) is 0 Å². The molecule has 0 aliphatic heterocycles. The van der Waals surface area contributed by atoms with Crippen molar-refractivity contribution >= 4 is 15.6 Å². The molecule has 1 aromatic rings. The van der Waals surface area contributed by atoms with E-state index in [2.05, 4.69) is 0 Å². The molecule has 0 atom stereocenters.